The molecule has 0 heterocycles. The fourth-order valence-electron chi connectivity index (χ4n) is 4.92. The smallest absolute Gasteiger partial charge is 0.307 e. The van der Waals surface area contributed by atoms with Crippen LogP contribution in [0.4, 0.5) is 13.2 Å². The average molecular weight is 295 g/mol. The third-order valence-corrected chi connectivity index (χ3v) is 5.89. The lowest BCUT2D eigenvalue weighted by Crippen LogP contribution is -2.26. The molecule has 0 saturated heterocycles. The molecule has 1 aromatic rings. The maximum atomic E-state index is 12.8. The lowest BCUT2D eigenvalue weighted by Gasteiger charge is -2.18. The van der Waals surface area contributed by atoms with E-state index in [4.69, 9.17) is 0 Å². The molecule has 5 unspecified atom stereocenters. The molecule has 1 aromatic carbocycles. The number of hydrogen-bond acceptors (Lipinski definition) is 1. The summed E-state index contributed by atoms with van der Waals surface area (Å²) in [4.78, 5) is 0. The van der Waals surface area contributed by atoms with Crippen molar-refractivity contribution in [1.29, 1.82) is 0 Å². The van der Waals surface area contributed by atoms with Gasteiger partial charge in [-0.05, 0) is 67.6 Å². The van der Waals surface area contributed by atoms with E-state index in [1.54, 1.807) is 6.07 Å². The van der Waals surface area contributed by atoms with Gasteiger partial charge in [0.15, 0.2) is 0 Å². The van der Waals surface area contributed by atoms with Gasteiger partial charge >= 0.3 is 6.18 Å². The van der Waals surface area contributed by atoms with Crippen molar-refractivity contribution in [2.45, 2.75) is 44.4 Å². The van der Waals surface area contributed by atoms with Crippen molar-refractivity contribution < 1.29 is 13.2 Å². The fourth-order valence-corrected chi connectivity index (χ4v) is 4.92. The largest absolute Gasteiger partial charge is 0.416 e. The first kappa shape index (κ1) is 13.6. The molecule has 0 spiro atoms. The van der Waals surface area contributed by atoms with Crippen LogP contribution in [0.1, 0.15) is 43.4 Å². The third-order valence-electron chi connectivity index (χ3n) is 5.89. The second kappa shape index (κ2) is 4.48. The molecule has 0 aliphatic heterocycles. The molecule has 0 aromatic heterocycles. The Labute approximate surface area is 122 Å². The van der Waals surface area contributed by atoms with Crippen LogP contribution in [0.25, 0.3) is 0 Å². The number of benzene rings is 1. The Morgan fingerprint density at radius 2 is 1.81 bits per heavy atom. The minimum Gasteiger partial charge on any atom is -0.307 e. The van der Waals surface area contributed by atoms with Gasteiger partial charge in [-0.15, -0.1) is 0 Å². The van der Waals surface area contributed by atoms with Crippen molar-refractivity contribution in [2.24, 2.45) is 23.7 Å². The summed E-state index contributed by atoms with van der Waals surface area (Å²) in [5.74, 6) is 3.37. The highest BCUT2D eigenvalue weighted by molar-refractivity contribution is 5.28. The predicted octanol–water partition coefficient (Wildman–Crippen LogP) is 4.40. The minimum absolute atomic E-state index is 0.0118. The van der Waals surface area contributed by atoms with Crippen molar-refractivity contribution in [3.63, 3.8) is 0 Å². The molecule has 0 amide bonds. The van der Waals surface area contributed by atoms with Gasteiger partial charge in [-0.1, -0.05) is 12.1 Å². The molecule has 4 rings (SSSR count). The molecule has 21 heavy (non-hydrogen) atoms. The highest BCUT2D eigenvalue weighted by Crippen LogP contribution is 2.65. The van der Waals surface area contributed by atoms with Crippen LogP contribution in [0.2, 0.25) is 0 Å². The molecule has 5 atom stereocenters. The van der Waals surface area contributed by atoms with Crippen LogP contribution in [-0.4, -0.2) is 6.04 Å². The van der Waals surface area contributed by atoms with Gasteiger partial charge in [-0.25, -0.2) is 0 Å². The third kappa shape index (κ3) is 2.19. The van der Waals surface area contributed by atoms with Crippen LogP contribution in [0.5, 0.6) is 0 Å². The Kier molecular flexibility index (Phi) is 2.91. The normalized spacial score (nSPS) is 38.4. The fraction of sp³-hybridized carbons (Fsp3) is 0.647. The van der Waals surface area contributed by atoms with Gasteiger partial charge in [0.1, 0.15) is 0 Å². The molecule has 1 N–H and O–H groups in total. The number of hydrogen-bond donors (Lipinski definition) is 1. The van der Waals surface area contributed by atoms with Crippen LogP contribution < -0.4 is 5.32 Å². The second-order valence-electron chi connectivity index (χ2n) is 7.03. The summed E-state index contributed by atoms with van der Waals surface area (Å²) < 4.78 is 38.4. The van der Waals surface area contributed by atoms with E-state index < -0.39 is 11.7 Å². The summed E-state index contributed by atoms with van der Waals surface area (Å²) in [5.41, 5.74) is 0.187. The van der Waals surface area contributed by atoms with Gasteiger partial charge in [0, 0.05) is 12.1 Å². The van der Waals surface area contributed by atoms with E-state index in [0.29, 0.717) is 6.04 Å². The van der Waals surface area contributed by atoms with E-state index in [0.717, 1.165) is 35.3 Å². The van der Waals surface area contributed by atoms with Crippen molar-refractivity contribution >= 4 is 0 Å². The number of fused-ring (bicyclic) bond motifs is 5. The summed E-state index contributed by atoms with van der Waals surface area (Å²) in [6.45, 7) is 1.98. The van der Waals surface area contributed by atoms with E-state index in [1.807, 2.05) is 6.92 Å². The van der Waals surface area contributed by atoms with E-state index in [-0.39, 0.29) is 6.04 Å². The van der Waals surface area contributed by atoms with Crippen LogP contribution in [0.3, 0.4) is 0 Å². The first-order valence-electron chi connectivity index (χ1n) is 7.88. The molecule has 3 saturated carbocycles. The Balaban J connectivity index is 1.45. The summed E-state index contributed by atoms with van der Waals surface area (Å²) in [6, 6.07) is 6.25. The molecule has 114 valence electrons. The first-order chi connectivity index (χ1) is 9.95. The molecule has 3 fully saturated rings. The molecule has 4 heteroatoms. The van der Waals surface area contributed by atoms with Crippen LogP contribution in [0.15, 0.2) is 24.3 Å². The van der Waals surface area contributed by atoms with Gasteiger partial charge in [0.2, 0.25) is 0 Å². The van der Waals surface area contributed by atoms with E-state index in [9.17, 15) is 13.2 Å². The summed E-state index contributed by atoms with van der Waals surface area (Å²) in [5, 5.41) is 3.58. The summed E-state index contributed by atoms with van der Waals surface area (Å²) in [7, 11) is 0. The van der Waals surface area contributed by atoms with Crippen LogP contribution >= 0.6 is 0 Å². The van der Waals surface area contributed by atoms with E-state index in [2.05, 4.69) is 5.32 Å². The topological polar surface area (TPSA) is 12.0 Å². The van der Waals surface area contributed by atoms with Crippen LogP contribution in [-0.2, 0) is 6.18 Å². The number of nitrogens with one attached hydrogen (secondary N) is 1. The zero-order valence-electron chi connectivity index (χ0n) is 12.0. The number of halogens is 3. The van der Waals surface area contributed by atoms with Crippen molar-refractivity contribution in [3.05, 3.63) is 35.4 Å². The van der Waals surface area contributed by atoms with Crippen molar-refractivity contribution in [1.82, 2.24) is 5.32 Å². The second-order valence-corrected chi connectivity index (χ2v) is 7.03. The first-order valence-corrected chi connectivity index (χ1v) is 7.88. The lowest BCUT2D eigenvalue weighted by molar-refractivity contribution is -0.137. The van der Waals surface area contributed by atoms with Crippen molar-refractivity contribution in [3.8, 4) is 0 Å². The Morgan fingerprint density at radius 3 is 2.43 bits per heavy atom. The average Bonchev–Trinajstić information content (AvgIpc) is 2.83. The molecule has 0 radical (unpaired) electrons. The van der Waals surface area contributed by atoms with Gasteiger partial charge in [0.05, 0.1) is 5.56 Å². The van der Waals surface area contributed by atoms with Gasteiger partial charge in [-0.3, -0.25) is 0 Å². The Hall–Kier alpha value is -1.03. The molecule has 3 aliphatic rings. The van der Waals surface area contributed by atoms with Crippen molar-refractivity contribution in [2.75, 3.05) is 0 Å². The molecule has 3 aliphatic carbocycles. The molecule has 2 bridgehead atoms. The standard InChI is InChI=1S/C17H20F3N/c1-9(10-3-2-4-13(8-10)17(18,19)20)21-16-14-11-5-6-12(7-11)15(14)16/h2-4,8-9,11-12,14-16,21H,5-7H2,1H3. The number of rotatable bonds is 3. The lowest BCUT2D eigenvalue weighted by atomic mass is 10.0. The quantitative estimate of drug-likeness (QED) is 0.871. The summed E-state index contributed by atoms with van der Waals surface area (Å²) >= 11 is 0. The van der Waals surface area contributed by atoms with E-state index >= 15 is 0 Å². The highest BCUT2D eigenvalue weighted by atomic mass is 19.4. The Bertz CT molecular complexity index is 537. The highest BCUT2D eigenvalue weighted by Gasteiger charge is 2.64. The molecular formula is C17H20F3N. The van der Waals surface area contributed by atoms with Gasteiger partial charge < -0.3 is 5.32 Å². The van der Waals surface area contributed by atoms with E-state index in [1.165, 1.54) is 31.4 Å². The monoisotopic (exact) mass is 295 g/mol. The van der Waals surface area contributed by atoms with Gasteiger partial charge in [-0.2, -0.15) is 13.2 Å². The predicted molar refractivity (Wildman–Crippen MR) is 74.6 cm³/mol. The Morgan fingerprint density at radius 1 is 1.14 bits per heavy atom. The molecular weight excluding hydrogens is 275 g/mol. The van der Waals surface area contributed by atoms with Crippen LogP contribution in [0, 0.1) is 23.7 Å². The maximum Gasteiger partial charge on any atom is 0.416 e. The zero-order valence-corrected chi connectivity index (χ0v) is 12.0. The molecule has 1 nitrogen and oxygen atoms in total. The zero-order chi connectivity index (χ0) is 14.8. The SMILES string of the molecule is CC(NC1C2C3CCC(C3)C12)c1cccc(C(F)(F)F)c1. The number of alkyl halides is 3. The minimum atomic E-state index is -4.26. The van der Waals surface area contributed by atoms with Gasteiger partial charge in [0.25, 0.3) is 0 Å². The maximum absolute atomic E-state index is 12.8. The summed E-state index contributed by atoms with van der Waals surface area (Å²) in [6.07, 6.45) is -0.139.